The van der Waals surface area contributed by atoms with Gasteiger partial charge >= 0.3 is 23.6 Å². The number of nitrogens with one attached hydrogen (secondary N) is 1. The molecule has 4 aromatic rings. The van der Waals surface area contributed by atoms with Crippen LogP contribution in [-0.4, -0.2) is 57.6 Å². The maximum atomic E-state index is 13.3. The van der Waals surface area contributed by atoms with Crippen LogP contribution in [0, 0.1) is 20.8 Å². The van der Waals surface area contributed by atoms with E-state index in [4.69, 9.17) is 18.9 Å². The van der Waals surface area contributed by atoms with Crippen LogP contribution in [0.5, 0.6) is 0 Å². The van der Waals surface area contributed by atoms with E-state index in [0.717, 1.165) is 27.6 Å². The van der Waals surface area contributed by atoms with Gasteiger partial charge in [-0.05, 0) is 57.2 Å². The highest BCUT2D eigenvalue weighted by Gasteiger charge is 2.52. The molecule has 226 valence electrons. The van der Waals surface area contributed by atoms with E-state index >= 15 is 0 Å². The van der Waals surface area contributed by atoms with Crippen molar-refractivity contribution in [1.82, 2.24) is 14.8 Å². The fourth-order valence-corrected chi connectivity index (χ4v) is 4.54. The summed E-state index contributed by atoms with van der Waals surface area (Å²) in [6, 6.07) is 19.8. The highest BCUT2D eigenvalue weighted by molar-refractivity contribution is 5.91. The summed E-state index contributed by atoms with van der Waals surface area (Å²) in [4.78, 5) is 66.0. The van der Waals surface area contributed by atoms with Crippen molar-refractivity contribution in [2.45, 2.75) is 45.3 Å². The van der Waals surface area contributed by atoms with Gasteiger partial charge in [-0.3, -0.25) is 9.78 Å². The lowest BCUT2D eigenvalue weighted by Gasteiger charge is -2.24. The van der Waals surface area contributed by atoms with Crippen molar-refractivity contribution in [3.05, 3.63) is 133 Å². The number of hydrogen-bond donors (Lipinski definition) is 1. The average molecular weight is 600 g/mol. The third-order valence-electron chi connectivity index (χ3n) is 6.99. The number of nitrogens with zero attached hydrogens (tertiary/aromatic N) is 2. The molecule has 0 unspecified atom stereocenters. The monoisotopic (exact) mass is 599 g/mol. The summed E-state index contributed by atoms with van der Waals surface area (Å²) >= 11 is 0. The lowest BCUT2D eigenvalue weighted by Crippen LogP contribution is -2.43. The number of carbonyl (C=O) groups is 3. The first-order valence-electron chi connectivity index (χ1n) is 13.7. The van der Waals surface area contributed by atoms with E-state index in [2.05, 4.69) is 10.1 Å². The maximum Gasteiger partial charge on any atom is 0.347 e. The van der Waals surface area contributed by atoms with Gasteiger partial charge in [-0.1, -0.05) is 53.1 Å². The van der Waals surface area contributed by atoms with Gasteiger partial charge in [0, 0.05) is 0 Å². The van der Waals surface area contributed by atoms with Gasteiger partial charge in [-0.2, -0.15) is 9.78 Å². The van der Waals surface area contributed by atoms with Gasteiger partial charge in [-0.25, -0.2) is 19.2 Å². The summed E-state index contributed by atoms with van der Waals surface area (Å²) < 4.78 is 24.0. The summed E-state index contributed by atoms with van der Waals surface area (Å²) in [5, 5.41) is 3.86. The van der Waals surface area contributed by atoms with Crippen molar-refractivity contribution >= 4 is 17.9 Å². The zero-order valence-corrected chi connectivity index (χ0v) is 24.1. The van der Waals surface area contributed by atoms with Crippen molar-refractivity contribution in [2.24, 2.45) is 0 Å². The van der Waals surface area contributed by atoms with Gasteiger partial charge in [0.05, 0.1) is 16.7 Å². The molecule has 12 heteroatoms. The predicted molar refractivity (Wildman–Crippen MR) is 155 cm³/mol. The molecule has 12 nitrogen and oxygen atoms in total. The van der Waals surface area contributed by atoms with Gasteiger partial charge in [0.1, 0.15) is 18.9 Å². The van der Waals surface area contributed by atoms with Crippen LogP contribution in [0.2, 0.25) is 0 Å². The highest BCUT2D eigenvalue weighted by atomic mass is 16.7. The van der Waals surface area contributed by atoms with Crippen LogP contribution < -0.4 is 11.2 Å². The second kappa shape index (κ2) is 12.9. The SMILES string of the molecule is Cc1ccc(C(=O)OC[C@@H]2O[C@H](n3ncc(=O)[nH]c3=O)[C@@H](OC(=O)c3ccc(C)cc3)[C@@H]2OC(=O)c2ccc(C)cc2)cc1. The fraction of sp³-hybridized carbons (Fsp3) is 0.250. The van der Waals surface area contributed by atoms with Crippen LogP contribution in [0.1, 0.15) is 54.0 Å². The molecule has 1 fully saturated rings. The zero-order valence-electron chi connectivity index (χ0n) is 24.1. The minimum absolute atomic E-state index is 0.189. The lowest BCUT2D eigenvalue weighted by atomic mass is 10.1. The van der Waals surface area contributed by atoms with Crippen molar-refractivity contribution in [1.29, 1.82) is 0 Å². The molecule has 5 rings (SSSR count). The summed E-state index contributed by atoms with van der Waals surface area (Å²) in [5.41, 5.74) is 1.73. The molecule has 0 radical (unpaired) electrons. The van der Waals surface area contributed by atoms with E-state index in [1.807, 2.05) is 20.8 Å². The first-order chi connectivity index (χ1) is 21.1. The van der Waals surface area contributed by atoms with Crippen LogP contribution in [0.25, 0.3) is 0 Å². The summed E-state index contributed by atoms with van der Waals surface area (Å²) in [6.45, 7) is 5.15. The predicted octanol–water partition coefficient (Wildman–Crippen LogP) is 3.06. The second-order valence-corrected chi connectivity index (χ2v) is 10.4. The van der Waals surface area contributed by atoms with Crippen molar-refractivity contribution in [3.63, 3.8) is 0 Å². The molecule has 44 heavy (non-hydrogen) atoms. The Bertz CT molecular complexity index is 1780. The normalized spacial score (nSPS) is 19.2. The van der Waals surface area contributed by atoms with E-state index < -0.39 is 60.3 Å². The van der Waals surface area contributed by atoms with Crippen molar-refractivity contribution in [2.75, 3.05) is 6.61 Å². The minimum atomic E-state index is -1.47. The Hall–Kier alpha value is -5.36. The van der Waals surface area contributed by atoms with E-state index in [1.54, 1.807) is 72.8 Å². The zero-order chi connectivity index (χ0) is 31.4. The topological polar surface area (TPSA) is 156 Å². The fourth-order valence-electron chi connectivity index (χ4n) is 4.54. The van der Waals surface area contributed by atoms with Crippen molar-refractivity contribution in [3.8, 4) is 0 Å². The summed E-state index contributed by atoms with van der Waals surface area (Å²) in [7, 11) is 0. The summed E-state index contributed by atoms with van der Waals surface area (Å²) in [6.07, 6.45) is -4.64. The molecule has 0 amide bonds. The molecular weight excluding hydrogens is 570 g/mol. The molecule has 0 spiro atoms. The summed E-state index contributed by atoms with van der Waals surface area (Å²) in [5.74, 6) is -2.24. The third-order valence-corrected chi connectivity index (χ3v) is 6.99. The van der Waals surface area contributed by atoms with Gasteiger partial charge in [0.2, 0.25) is 0 Å². The lowest BCUT2D eigenvalue weighted by molar-refractivity contribution is -0.0699. The first-order valence-corrected chi connectivity index (χ1v) is 13.7. The van der Waals surface area contributed by atoms with Crippen LogP contribution in [0.3, 0.4) is 0 Å². The number of aryl methyl sites for hydroxylation is 3. The molecule has 4 atom stereocenters. The Kier molecular flexibility index (Phi) is 8.81. The number of esters is 3. The van der Waals surface area contributed by atoms with E-state index in [9.17, 15) is 24.0 Å². The number of aromatic amines is 1. The average Bonchev–Trinajstić information content (AvgIpc) is 3.32. The van der Waals surface area contributed by atoms with Gasteiger partial charge < -0.3 is 18.9 Å². The number of hydrogen-bond acceptors (Lipinski definition) is 10. The molecule has 0 bridgehead atoms. The largest absolute Gasteiger partial charge is 0.459 e. The Morgan fingerprint density at radius 3 is 1.66 bits per heavy atom. The van der Waals surface area contributed by atoms with Gasteiger partial charge in [0.25, 0.3) is 5.56 Å². The smallest absolute Gasteiger partial charge is 0.347 e. The number of aromatic nitrogens is 3. The van der Waals surface area contributed by atoms with Crippen LogP contribution in [0.4, 0.5) is 0 Å². The molecule has 1 saturated heterocycles. The Labute approximate surface area is 251 Å². The molecule has 0 saturated carbocycles. The molecule has 1 aromatic heterocycles. The maximum absolute atomic E-state index is 13.3. The molecule has 0 aliphatic carbocycles. The Morgan fingerprint density at radius 1 is 0.727 bits per heavy atom. The standard InChI is InChI=1S/C32H29N3O9/c1-18-4-10-21(11-5-18)29(37)41-17-24-26(43-30(38)22-12-6-19(2)7-13-22)27(44-31(39)23-14-8-20(3)9-15-23)28(42-24)35-32(40)34-25(36)16-33-35/h4-16,24,26-28H,17H2,1-3H3,(H,34,36,40)/t24-,26+,27-,28-/m0/s1. The highest BCUT2D eigenvalue weighted by Crippen LogP contribution is 2.34. The van der Waals surface area contributed by atoms with Gasteiger partial charge in [0.15, 0.2) is 18.4 Å². The number of rotatable bonds is 8. The van der Waals surface area contributed by atoms with Crippen molar-refractivity contribution < 1.29 is 33.3 Å². The van der Waals surface area contributed by atoms with E-state index in [1.165, 1.54) is 0 Å². The molecule has 3 aromatic carbocycles. The number of carbonyl (C=O) groups excluding carboxylic acids is 3. The Morgan fingerprint density at radius 2 is 1.18 bits per heavy atom. The first kappa shape index (κ1) is 30.1. The van der Waals surface area contributed by atoms with Gasteiger partial charge in [-0.15, -0.1) is 0 Å². The van der Waals surface area contributed by atoms with E-state index in [-0.39, 0.29) is 16.7 Å². The molecule has 1 aliphatic rings. The Balaban J connectivity index is 1.50. The number of ether oxygens (including phenoxy) is 4. The number of H-pyrrole nitrogens is 1. The molecule has 2 heterocycles. The molecular formula is C32H29N3O9. The molecule has 1 N–H and O–H groups in total. The van der Waals surface area contributed by atoms with Crippen LogP contribution in [-0.2, 0) is 18.9 Å². The second-order valence-electron chi connectivity index (χ2n) is 10.4. The number of benzene rings is 3. The van der Waals surface area contributed by atoms with Crippen LogP contribution in [0.15, 0.2) is 88.6 Å². The van der Waals surface area contributed by atoms with E-state index in [0.29, 0.717) is 0 Å². The van der Waals surface area contributed by atoms with Crippen LogP contribution >= 0.6 is 0 Å². The quantitative estimate of drug-likeness (QED) is 0.236. The molecule has 1 aliphatic heterocycles. The third kappa shape index (κ3) is 6.81. The minimum Gasteiger partial charge on any atom is -0.459 e.